The third kappa shape index (κ3) is 4.54. The summed E-state index contributed by atoms with van der Waals surface area (Å²) in [6, 6.07) is 68.3. The number of benzene rings is 8. The van der Waals surface area contributed by atoms with Gasteiger partial charge in [0.2, 0.25) is 0 Å². The second-order valence-corrected chi connectivity index (χ2v) is 14.2. The Balaban J connectivity index is 1.16. The van der Waals surface area contributed by atoms with Crippen molar-refractivity contribution >= 4 is 11.0 Å². The fourth-order valence-corrected chi connectivity index (χ4v) is 8.96. The predicted molar refractivity (Wildman–Crippen MR) is 219 cm³/mol. The van der Waals surface area contributed by atoms with Crippen LogP contribution in [0.4, 0.5) is 0 Å². The normalized spacial score (nSPS) is 13.0. The molecule has 0 radical (unpaired) electrons. The lowest BCUT2D eigenvalue weighted by Gasteiger charge is -2.39. The largest absolute Gasteiger partial charge is 0.457 e. The van der Waals surface area contributed by atoms with E-state index in [1.807, 2.05) is 24.3 Å². The summed E-state index contributed by atoms with van der Waals surface area (Å²) >= 11 is 0. The summed E-state index contributed by atoms with van der Waals surface area (Å²) in [5.41, 5.74) is 15.7. The first-order chi connectivity index (χ1) is 27.2. The smallest absolute Gasteiger partial charge is 0.145 e. The molecule has 0 unspecified atom stereocenters. The highest BCUT2D eigenvalue weighted by atomic mass is 16.5. The number of aromatic nitrogens is 2. The van der Waals surface area contributed by atoms with Crippen molar-refractivity contribution in [2.75, 3.05) is 0 Å². The maximum atomic E-state index is 9.66. The molecule has 4 heteroatoms. The zero-order valence-corrected chi connectivity index (χ0v) is 29.6. The summed E-state index contributed by atoms with van der Waals surface area (Å²) in [7, 11) is 0. The van der Waals surface area contributed by atoms with Gasteiger partial charge in [-0.05, 0) is 105 Å². The molecule has 11 rings (SSSR count). The van der Waals surface area contributed by atoms with Crippen LogP contribution in [0.5, 0.6) is 11.5 Å². The number of nitriles is 1. The lowest BCUT2D eigenvalue weighted by atomic mass is 9.65. The molecule has 0 N–H and O–H groups in total. The van der Waals surface area contributed by atoms with Gasteiger partial charge in [0.05, 0.1) is 28.1 Å². The Labute approximate surface area is 318 Å². The maximum absolute atomic E-state index is 9.66. The molecule has 0 atom stereocenters. The van der Waals surface area contributed by atoms with Gasteiger partial charge in [0.1, 0.15) is 17.3 Å². The molecule has 2 heterocycles. The van der Waals surface area contributed by atoms with Crippen LogP contribution >= 0.6 is 0 Å². The van der Waals surface area contributed by atoms with Crippen molar-refractivity contribution in [3.63, 3.8) is 0 Å². The van der Waals surface area contributed by atoms with E-state index in [0.29, 0.717) is 5.56 Å². The zero-order valence-electron chi connectivity index (χ0n) is 29.6. The number of para-hydroxylation sites is 5. The van der Waals surface area contributed by atoms with Gasteiger partial charge in [0.25, 0.3) is 0 Å². The van der Waals surface area contributed by atoms with E-state index in [0.717, 1.165) is 73.0 Å². The van der Waals surface area contributed by atoms with Gasteiger partial charge in [-0.1, -0.05) is 127 Å². The molecule has 0 amide bonds. The van der Waals surface area contributed by atoms with E-state index in [1.165, 1.54) is 22.3 Å². The molecular formula is C51H31N3O. The third-order valence-electron chi connectivity index (χ3n) is 11.3. The van der Waals surface area contributed by atoms with E-state index in [1.54, 1.807) is 0 Å². The van der Waals surface area contributed by atoms with E-state index in [9.17, 15) is 5.26 Å². The topological polar surface area (TPSA) is 50.8 Å². The minimum absolute atomic E-state index is 0.588. The maximum Gasteiger partial charge on any atom is 0.145 e. The molecule has 8 aromatic carbocycles. The van der Waals surface area contributed by atoms with Gasteiger partial charge in [-0.2, -0.15) is 5.26 Å². The van der Waals surface area contributed by atoms with Crippen LogP contribution in [-0.4, -0.2) is 9.55 Å². The standard InChI is InChI=1S/C51H31N3O/c52-32-33-22-24-34(25-23-33)39-30-41-38-14-4-5-15-42(38)51(43-16-6-10-20-48(43)55-49-21-11-7-17-44(49)51)45(41)31-40(39)35-26-28-36(29-27-35)50-53-46-18-8-9-19-47(46)54(50)37-12-2-1-3-13-37/h1-31H. The van der Waals surface area contributed by atoms with Crippen LogP contribution in [0, 0.1) is 11.3 Å². The van der Waals surface area contributed by atoms with E-state index < -0.39 is 5.41 Å². The Morgan fingerprint density at radius 2 is 1.04 bits per heavy atom. The summed E-state index contributed by atoms with van der Waals surface area (Å²) in [5.74, 6) is 2.63. The lowest BCUT2D eigenvalue weighted by Crippen LogP contribution is -2.32. The highest BCUT2D eigenvalue weighted by Crippen LogP contribution is 2.63. The number of nitrogens with zero attached hydrogens (tertiary/aromatic N) is 3. The van der Waals surface area contributed by atoms with Gasteiger partial charge < -0.3 is 4.74 Å². The monoisotopic (exact) mass is 701 g/mol. The fourth-order valence-electron chi connectivity index (χ4n) is 8.96. The minimum Gasteiger partial charge on any atom is -0.457 e. The van der Waals surface area contributed by atoms with Crippen molar-refractivity contribution in [3.05, 3.63) is 216 Å². The van der Waals surface area contributed by atoms with Crippen molar-refractivity contribution in [1.82, 2.24) is 9.55 Å². The first kappa shape index (κ1) is 31.1. The molecule has 1 aromatic heterocycles. The Hall–Kier alpha value is -7.48. The second-order valence-electron chi connectivity index (χ2n) is 14.2. The molecule has 0 saturated carbocycles. The van der Waals surface area contributed by atoms with Crippen molar-refractivity contribution < 1.29 is 4.74 Å². The molecule has 0 saturated heterocycles. The number of hydrogen-bond acceptors (Lipinski definition) is 3. The van der Waals surface area contributed by atoms with Crippen LogP contribution < -0.4 is 4.74 Å². The van der Waals surface area contributed by atoms with Crippen molar-refractivity contribution in [2.45, 2.75) is 5.41 Å². The SMILES string of the molecule is N#Cc1ccc(-c2cc3c(cc2-c2ccc(-c4nc5ccccc5n4-c4ccccc4)cc2)C2(c4ccccc4Oc4ccccc42)c2ccccc2-3)cc1. The Morgan fingerprint density at radius 1 is 0.473 bits per heavy atom. The average molecular weight is 702 g/mol. The van der Waals surface area contributed by atoms with Gasteiger partial charge in [0.15, 0.2) is 0 Å². The van der Waals surface area contributed by atoms with Crippen LogP contribution in [0.15, 0.2) is 188 Å². The molecule has 1 aliphatic carbocycles. The summed E-state index contributed by atoms with van der Waals surface area (Å²) < 4.78 is 8.85. The van der Waals surface area contributed by atoms with Crippen LogP contribution in [0.1, 0.15) is 27.8 Å². The van der Waals surface area contributed by atoms with Gasteiger partial charge in [-0.25, -0.2) is 4.98 Å². The van der Waals surface area contributed by atoms with Crippen LogP contribution in [0.2, 0.25) is 0 Å². The Bertz CT molecular complexity index is 2960. The number of rotatable bonds is 4. The molecule has 0 bridgehead atoms. The Morgan fingerprint density at radius 3 is 1.75 bits per heavy atom. The number of ether oxygens (including phenoxy) is 1. The molecule has 256 valence electrons. The molecule has 1 spiro atoms. The molecule has 1 aliphatic heterocycles. The summed E-state index contributed by atoms with van der Waals surface area (Å²) in [4.78, 5) is 5.14. The van der Waals surface area contributed by atoms with Crippen molar-refractivity contribution in [1.29, 1.82) is 5.26 Å². The first-order valence-electron chi connectivity index (χ1n) is 18.5. The van der Waals surface area contributed by atoms with E-state index in [-0.39, 0.29) is 0 Å². The molecule has 4 nitrogen and oxygen atoms in total. The molecule has 0 fully saturated rings. The number of imidazole rings is 1. The average Bonchev–Trinajstić information content (AvgIpc) is 3.78. The van der Waals surface area contributed by atoms with Gasteiger partial charge in [-0.3, -0.25) is 4.57 Å². The lowest BCUT2D eigenvalue weighted by molar-refractivity contribution is 0.436. The molecule has 2 aliphatic rings. The highest BCUT2D eigenvalue weighted by Gasteiger charge is 2.51. The summed E-state index contributed by atoms with van der Waals surface area (Å²) in [6.45, 7) is 0. The third-order valence-corrected chi connectivity index (χ3v) is 11.3. The van der Waals surface area contributed by atoms with Crippen molar-refractivity contribution in [3.8, 4) is 68.0 Å². The quantitative estimate of drug-likeness (QED) is 0.184. The summed E-state index contributed by atoms with van der Waals surface area (Å²) in [6.07, 6.45) is 0. The molecular weight excluding hydrogens is 671 g/mol. The van der Waals surface area contributed by atoms with Crippen LogP contribution in [-0.2, 0) is 5.41 Å². The van der Waals surface area contributed by atoms with Gasteiger partial charge >= 0.3 is 0 Å². The molecule has 9 aromatic rings. The number of fused-ring (bicyclic) bond motifs is 10. The first-order valence-corrected chi connectivity index (χ1v) is 18.5. The summed E-state index contributed by atoms with van der Waals surface area (Å²) in [5, 5.41) is 9.66. The van der Waals surface area contributed by atoms with E-state index in [2.05, 4.69) is 174 Å². The minimum atomic E-state index is -0.588. The second kappa shape index (κ2) is 12.0. The van der Waals surface area contributed by atoms with E-state index >= 15 is 0 Å². The van der Waals surface area contributed by atoms with Crippen LogP contribution in [0.3, 0.4) is 0 Å². The van der Waals surface area contributed by atoms with E-state index in [4.69, 9.17) is 9.72 Å². The van der Waals surface area contributed by atoms with Gasteiger partial charge in [-0.15, -0.1) is 0 Å². The predicted octanol–water partition coefficient (Wildman–Crippen LogP) is 12.4. The van der Waals surface area contributed by atoms with Gasteiger partial charge in [0, 0.05) is 22.4 Å². The highest BCUT2D eigenvalue weighted by molar-refractivity contribution is 5.96. The van der Waals surface area contributed by atoms with Crippen molar-refractivity contribution in [2.24, 2.45) is 0 Å². The Kier molecular flexibility index (Phi) is 6.80. The fraction of sp³-hybridized carbons (Fsp3) is 0.0196. The van der Waals surface area contributed by atoms with Crippen LogP contribution in [0.25, 0.3) is 61.5 Å². The zero-order chi connectivity index (χ0) is 36.5. The number of hydrogen-bond donors (Lipinski definition) is 0. The molecule has 55 heavy (non-hydrogen) atoms.